The van der Waals surface area contributed by atoms with Crippen LogP contribution in [-0.4, -0.2) is 22.1 Å². The van der Waals surface area contributed by atoms with Crippen molar-refractivity contribution in [3.05, 3.63) is 56.1 Å². The van der Waals surface area contributed by atoms with Gasteiger partial charge in [0.1, 0.15) is 5.75 Å². The molecule has 0 heterocycles. The number of amides is 1. The number of anilines is 1. The van der Waals surface area contributed by atoms with Crippen molar-refractivity contribution in [1.29, 1.82) is 0 Å². The first-order chi connectivity index (χ1) is 9.88. The van der Waals surface area contributed by atoms with E-state index >= 15 is 0 Å². The summed E-state index contributed by atoms with van der Waals surface area (Å²) in [6.07, 6.45) is 0. The number of rotatable bonds is 3. The summed E-state index contributed by atoms with van der Waals surface area (Å²) < 4.78 is 0.705. The fourth-order valence-corrected chi connectivity index (χ4v) is 2.38. The standard InChI is InChI=1S/C14H9ClINO4/c15-8-2-3-10(16)9(6-8)13(19)17-11-4-1-7(14(20)21)5-12(11)18/h1-6,18H,(H,17,19)(H,20,21). The van der Waals surface area contributed by atoms with Gasteiger partial charge in [-0.3, -0.25) is 4.79 Å². The largest absolute Gasteiger partial charge is 0.506 e. The monoisotopic (exact) mass is 417 g/mol. The van der Waals surface area contributed by atoms with Crippen molar-refractivity contribution in [3.8, 4) is 5.75 Å². The first-order valence-electron chi connectivity index (χ1n) is 5.71. The lowest BCUT2D eigenvalue weighted by atomic mass is 10.1. The van der Waals surface area contributed by atoms with E-state index in [4.69, 9.17) is 16.7 Å². The first kappa shape index (κ1) is 15.6. The van der Waals surface area contributed by atoms with Crippen LogP contribution in [0.1, 0.15) is 20.7 Å². The Morgan fingerprint density at radius 2 is 1.86 bits per heavy atom. The second-order valence-electron chi connectivity index (χ2n) is 4.12. The van der Waals surface area contributed by atoms with E-state index in [0.29, 0.717) is 14.2 Å². The van der Waals surface area contributed by atoms with Crippen molar-refractivity contribution in [2.45, 2.75) is 0 Å². The molecular weight excluding hydrogens is 409 g/mol. The molecule has 0 radical (unpaired) electrons. The molecule has 0 saturated heterocycles. The number of phenolic OH excluding ortho intramolecular Hbond substituents is 1. The zero-order valence-electron chi connectivity index (χ0n) is 10.4. The van der Waals surface area contributed by atoms with Gasteiger partial charge in [0.15, 0.2) is 0 Å². The number of benzene rings is 2. The van der Waals surface area contributed by atoms with Gasteiger partial charge in [0.2, 0.25) is 0 Å². The van der Waals surface area contributed by atoms with E-state index in [9.17, 15) is 14.7 Å². The summed E-state index contributed by atoms with van der Waals surface area (Å²) >= 11 is 7.85. The zero-order valence-corrected chi connectivity index (χ0v) is 13.3. The van der Waals surface area contributed by atoms with Gasteiger partial charge < -0.3 is 15.5 Å². The number of aromatic hydroxyl groups is 1. The smallest absolute Gasteiger partial charge is 0.335 e. The van der Waals surface area contributed by atoms with Gasteiger partial charge in [-0.2, -0.15) is 0 Å². The third kappa shape index (κ3) is 3.64. The van der Waals surface area contributed by atoms with E-state index in [1.54, 1.807) is 12.1 Å². The molecule has 108 valence electrons. The summed E-state index contributed by atoms with van der Waals surface area (Å²) in [5, 5.41) is 21.5. The molecule has 2 aromatic rings. The van der Waals surface area contributed by atoms with Crippen molar-refractivity contribution in [1.82, 2.24) is 0 Å². The normalized spacial score (nSPS) is 10.2. The highest BCUT2D eigenvalue weighted by atomic mass is 127. The van der Waals surface area contributed by atoms with Crippen molar-refractivity contribution in [2.24, 2.45) is 0 Å². The predicted molar refractivity (Wildman–Crippen MR) is 87.2 cm³/mol. The molecule has 1 amide bonds. The average molecular weight is 418 g/mol. The molecule has 21 heavy (non-hydrogen) atoms. The van der Waals surface area contributed by atoms with Gasteiger partial charge in [-0.05, 0) is 59.0 Å². The molecular formula is C14H9ClINO4. The molecule has 2 aromatic carbocycles. The molecule has 0 saturated carbocycles. The van der Waals surface area contributed by atoms with Crippen LogP contribution in [0.4, 0.5) is 5.69 Å². The highest BCUT2D eigenvalue weighted by molar-refractivity contribution is 14.1. The van der Waals surface area contributed by atoms with E-state index in [-0.39, 0.29) is 17.0 Å². The quantitative estimate of drug-likeness (QED) is 0.526. The van der Waals surface area contributed by atoms with Gasteiger partial charge in [0.05, 0.1) is 16.8 Å². The summed E-state index contributed by atoms with van der Waals surface area (Å²) in [7, 11) is 0. The number of hydrogen-bond donors (Lipinski definition) is 3. The Morgan fingerprint density at radius 3 is 2.48 bits per heavy atom. The number of carboxylic acid groups (broad SMARTS) is 1. The van der Waals surface area contributed by atoms with Gasteiger partial charge in [0, 0.05) is 8.59 Å². The van der Waals surface area contributed by atoms with Crippen LogP contribution in [0, 0.1) is 3.57 Å². The molecule has 0 unspecified atom stereocenters. The Morgan fingerprint density at radius 1 is 1.14 bits per heavy atom. The minimum atomic E-state index is -1.16. The van der Waals surface area contributed by atoms with E-state index in [0.717, 1.165) is 6.07 Å². The summed E-state index contributed by atoms with van der Waals surface area (Å²) in [6, 6.07) is 8.57. The molecule has 2 rings (SSSR count). The van der Waals surface area contributed by atoms with Crippen LogP contribution >= 0.6 is 34.2 Å². The van der Waals surface area contributed by atoms with Gasteiger partial charge in [-0.1, -0.05) is 11.6 Å². The maximum absolute atomic E-state index is 12.2. The Hall–Kier alpha value is -1.80. The third-order valence-corrected chi connectivity index (χ3v) is 3.84. The van der Waals surface area contributed by atoms with Gasteiger partial charge in [-0.25, -0.2) is 4.79 Å². The zero-order chi connectivity index (χ0) is 15.6. The fraction of sp³-hybridized carbons (Fsp3) is 0. The van der Waals surface area contributed by atoms with Crippen LogP contribution in [0.5, 0.6) is 5.75 Å². The van der Waals surface area contributed by atoms with E-state index in [1.165, 1.54) is 18.2 Å². The van der Waals surface area contributed by atoms with Gasteiger partial charge in [-0.15, -0.1) is 0 Å². The van der Waals surface area contributed by atoms with Crippen LogP contribution < -0.4 is 5.32 Å². The summed E-state index contributed by atoms with van der Waals surface area (Å²) in [4.78, 5) is 22.9. The fourth-order valence-electron chi connectivity index (χ4n) is 1.63. The predicted octanol–water partition coefficient (Wildman–Crippen LogP) is 3.60. The molecule has 5 nitrogen and oxygen atoms in total. The van der Waals surface area contributed by atoms with Crippen LogP contribution in [0.3, 0.4) is 0 Å². The summed E-state index contributed by atoms with van der Waals surface area (Å²) in [5.74, 6) is -1.92. The second-order valence-corrected chi connectivity index (χ2v) is 5.71. The lowest BCUT2D eigenvalue weighted by Gasteiger charge is -2.09. The molecule has 0 aliphatic carbocycles. The minimum absolute atomic E-state index is 0.0668. The molecule has 0 atom stereocenters. The highest BCUT2D eigenvalue weighted by Gasteiger charge is 2.14. The number of carbonyl (C=O) groups is 2. The third-order valence-electron chi connectivity index (χ3n) is 2.67. The Kier molecular flexibility index (Phi) is 4.69. The Balaban J connectivity index is 2.27. The lowest BCUT2D eigenvalue weighted by molar-refractivity contribution is 0.0696. The molecule has 0 aromatic heterocycles. The first-order valence-corrected chi connectivity index (χ1v) is 7.17. The van der Waals surface area contributed by atoms with E-state index in [2.05, 4.69) is 5.32 Å². The minimum Gasteiger partial charge on any atom is -0.506 e. The van der Waals surface area contributed by atoms with Crippen LogP contribution in [0.25, 0.3) is 0 Å². The van der Waals surface area contributed by atoms with E-state index < -0.39 is 11.9 Å². The SMILES string of the molecule is O=C(O)c1ccc(NC(=O)c2cc(Cl)ccc2I)c(O)c1. The van der Waals surface area contributed by atoms with Crippen molar-refractivity contribution in [3.63, 3.8) is 0 Å². The maximum Gasteiger partial charge on any atom is 0.335 e. The Bertz CT molecular complexity index is 733. The number of aromatic carboxylic acids is 1. The number of carboxylic acids is 1. The number of phenols is 1. The van der Waals surface area contributed by atoms with Gasteiger partial charge >= 0.3 is 5.97 Å². The molecule has 0 fully saturated rings. The molecule has 0 aliphatic rings. The Labute approximate surface area is 138 Å². The number of carbonyl (C=O) groups excluding carboxylic acids is 1. The topological polar surface area (TPSA) is 86.6 Å². The molecule has 0 spiro atoms. The number of halogens is 2. The van der Waals surface area contributed by atoms with Crippen molar-refractivity contribution >= 4 is 51.8 Å². The second kappa shape index (κ2) is 6.31. The van der Waals surface area contributed by atoms with Crippen molar-refractivity contribution < 1.29 is 19.8 Å². The van der Waals surface area contributed by atoms with E-state index in [1.807, 2.05) is 22.6 Å². The highest BCUT2D eigenvalue weighted by Crippen LogP contribution is 2.26. The van der Waals surface area contributed by atoms with Crippen molar-refractivity contribution in [2.75, 3.05) is 5.32 Å². The number of hydrogen-bond acceptors (Lipinski definition) is 3. The van der Waals surface area contributed by atoms with Crippen LogP contribution in [0.2, 0.25) is 5.02 Å². The molecule has 3 N–H and O–H groups in total. The molecule has 0 aliphatic heterocycles. The van der Waals surface area contributed by atoms with Gasteiger partial charge in [0.25, 0.3) is 5.91 Å². The number of nitrogens with one attached hydrogen (secondary N) is 1. The molecule has 0 bridgehead atoms. The maximum atomic E-state index is 12.2. The summed E-state index contributed by atoms with van der Waals surface area (Å²) in [5.41, 5.74) is 0.424. The van der Waals surface area contributed by atoms with Crippen LogP contribution in [0.15, 0.2) is 36.4 Å². The molecule has 7 heteroatoms. The summed E-state index contributed by atoms with van der Waals surface area (Å²) in [6.45, 7) is 0. The van der Waals surface area contributed by atoms with Crippen LogP contribution in [-0.2, 0) is 0 Å². The lowest BCUT2D eigenvalue weighted by Crippen LogP contribution is -2.13. The average Bonchev–Trinajstić information content (AvgIpc) is 2.43.